The van der Waals surface area contributed by atoms with Crippen LogP contribution in [0.25, 0.3) is 0 Å². The van der Waals surface area contributed by atoms with Gasteiger partial charge >= 0.3 is 0 Å². The molecular weight excluding hydrogens is 192 g/mol. The third kappa shape index (κ3) is 2.93. The van der Waals surface area contributed by atoms with E-state index in [4.69, 9.17) is 10.00 Å². The Balaban J connectivity index is 2.16. The molecule has 0 atom stereocenters. The summed E-state index contributed by atoms with van der Waals surface area (Å²) in [4.78, 5) is 11.6. The van der Waals surface area contributed by atoms with E-state index in [0.29, 0.717) is 32.6 Å². The van der Waals surface area contributed by atoms with Crippen molar-refractivity contribution >= 4 is 5.91 Å². The topological polar surface area (TPSA) is 62.1 Å². The summed E-state index contributed by atoms with van der Waals surface area (Å²) in [5, 5.41) is 11.7. The highest BCUT2D eigenvalue weighted by Gasteiger charge is 2.44. The molecule has 0 unspecified atom stereocenters. The summed E-state index contributed by atoms with van der Waals surface area (Å²) >= 11 is 0. The number of hydrogen-bond donors (Lipinski definition) is 1. The zero-order valence-electron chi connectivity index (χ0n) is 9.21. The number of nitrogens with zero attached hydrogens (tertiary/aromatic N) is 1. The van der Waals surface area contributed by atoms with Crippen LogP contribution in [-0.4, -0.2) is 25.7 Å². The largest absolute Gasteiger partial charge is 0.382 e. The number of amides is 1. The molecule has 1 rings (SSSR count). The second-order valence-electron chi connectivity index (χ2n) is 3.85. The van der Waals surface area contributed by atoms with Crippen LogP contribution in [0.15, 0.2) is 0 Å². The molecule has 1 aliphatic carbocycles. The lowest BCUT2D eigenvalue weighted by molar-refractivity contribution is -0.131. The van der Waals surface area contributed by atoms with E-state index in [1.54, 1.807) is 0 Å². The fraction of sp³-hybridized carbons (Fsp3) is 0.818. The first-order valence-corrected chi connectivity index (χ1v) is 5.52. The van der Waals surface area contributed by atoms with E-state index in [1.165, 1.54) is 0 Å². The maximum absolute atomic E-state index is 11.6. The molecule has 4 heteroatoms. The minimum Gasteiger partial charge on any atom is -0.382 e. The lowest BCUT2D eigenvalue weighted by Crippen LogP contribution is -2.45. The molecule has 1 fully saturated rings. The van der Waals surface area contributed by atoms with Crippen LogP contribution in [0.1, 0.15) is 32.6 Å². The molecular formula is C11H18N2O2. The Morgan fingerprint density at radius 3 is 2.80 bits per heavy atom. The molecule has 0 spiro atoms. The Kier molecular flexibility index (Phi) is 4.57. The first kappa shape index (κ1) is 12.0. The summed E-state index contributed by atoms with van der Waals surface area (Å²) in [5.74, 6) is -0.104. The zero-order chi connectivity index (χ0) is 11.1. The number of nitriles is 1. The van der Waals surface area contributed by atoms with Crippen molar-refractivity contribution in [1.29, 1.82) is 5.26 Å². The lowest BCUT2D eigenvalue weighted by atomic mass is 9.69. The van der Waals surface area contributed by atoms with Crippen molar-refractivity contribution in [2.45, 2.75) is 32.6 Å². The maximum Gasteiger partial charge on any atom is 0.240 e. The van der Waals surface area contributed by atoms with Crippen LogP contribution in [-0.2, 0) is 9.53 Å². The first-order valence-electron chi connectivity index (χ1n) is 5.52. The van der Waals surface area contributed by atoms with Crippen molar-refractivity contribution in [2.24, 2.45) is 5.41 Å². The van der Waals surface area contributed by atoms with Gasteiger partial charge in [0.05, 0.1) is 6.07 Å². The Morgan fingerprint density at radius 1 is 1.60 bits per heavy atom. The summed E-state index contributed by atoms with van der Waals surface area (Å²) in [6, 6.07) is 2.12. The normalized spacial score (nSPS) is 17.6. The van der Waals surface area contributed by atoms with E-state index in [2.05, 4.69) is 11.4 Å². The highest BCUT2D eigenvalue weighted by Crippen LogP contribution is 2.40. The fourth-order valence-electron chi connectivity index (χ4n) is 1.61. The molecule has 1 N–H and O–H groups in total. The molecule has 0 aromatic heterocycles. The Hall–Kier alpha value is -1.08. The van der Waals surface area contributed by atoms with Gasteiger partial charge in [-0.1, -0.05) is 0 Å². The van der Waals surface area contributed by atoms with Gasteiger partial charge in [0.1, 0.15) is 5.41 Å². The van der Waals surface area contributed by atoms with E-state index >= 15 is 0 Å². The van der Waals surface area contributed by atoms with Crippen molar-refractivity contribution in [2.75, 3.05) is 19.8 Å². The Labute approximate surface area is 90.6 Å². The maximum atomic E-state index is 11.6. The highest BCUT2D eigenvalue weighted by molar-refractivity contribution is 5.86. The molecule has 15 heavy (non-hydrogen) atoms. The van der Waals surface area contributed by atoms with Gasteiger partial charge in [-0.2, -0.15) is 5.26 Å². The second-order valence-corrected chi connectivity index (χ2v) is 3.85. The molecule has 0 aliphatic heterocycles. The second kappa shape index (κ2) is 5.72. The summed E-state index contributed by atoms with van der Waals surface area (Å²) in [7, 11) is 0. The quantitative estimate of drug-likeness (QED) is 0.670. The molecule has 0 aromatic carbocycles. The summed E-state index contributed by atoms with van der Waals surface area (Å²) in [5.41, 5.74) is -0.717. The van der Waals surface area contributed by atoms with Crippen molar-refractivity contribution in [3.8, 4) is 6.07 Å². The van der Waals surface area contributed by atoms with Crippen LogP contribution in [0.3, 0.4) is 0 Å². The van der Waals surface area contributed by atoms with Gasteiger partial charge in [0.2, 0.25) is 5.91 Å². The standard InChI is InChI=1S/C11H18N2O2/c1-2-15-8-4-7-13-10(14)11(9-12)5-3-6-11/h2-8H2,1H3,(H,13,14). The van der Waals surface area contributed by atoms with Crippen molar-refractivity contribution in [3.63, 3.8) is 0 Å². The van der Waals surface area contributed by atoms with E-state index in [0.717, 1.165) is 12.8 Å². The van der Waals surface area contributed by atoms with E-state index in [1.807, 2.05) is 6.92 Å². The van der Waals surface area contributed by atoms with Crippen LogP contribution in [0, 0.1) is 16.7 Å². The number of hydrogen-bond acceptors (Lipinski definition) is 3. The summed E-state index contributed by atoms with van der Waals surface area (Å²) in [6.07, 6.45) is 3.21. The lowest BCUT2D eigenvalue weighted by Gasteiger charge is -2.33. The minimum atomic E-state index is -0.717. The average Bonchev–Trinajstić information content (AvgIpc) is 2.17. The minimum absolute atomic E-state index is 0.104. The fourth-order valence-corrected chi connectivity index (χ4v) is 1.61. The predicted octanol–water partition coefficient (Wildman–Crippen LogP) is 1.22. The molecule has 84 valence electrons. The summed E-state index contributed by atoms with van der Waals surface area (Å²) < 4.78 is 5.15. The van der Waals surface area contributed by atoms with Crippen molar-refractivity contribution in [3.05, 3.63) is 0 Å². The van der Waals surface area contributed by atoms with Gasteiger partial charge in [-0.15, -0.1) is 0 Å². The smallest absolute Gasteiger partial charge is 0.240 e. The molecule has 0 bridgehead atoms. The number of carbonyl (C=O) groups is 1. The van der Waals surface area contributed by atoms with Gasteiger partial charge in [0, 0.05) is 19.8 Å². The number of carbonyl (C=O) groups excluding carboxylic acids is 1. The summed E-state index contributed by atoms with van der Waals surface area (Å²) in [6.45, 7) is 3.91. The number of nitrogens with one attached hydrogen (secondary N) is 1. The SMILES string of the molecule is CCOCCCNC(=O)C1(C#N)CCC1. The molecule has 1 saturated carbocycles. The molecule has 0 heterocycles. The molecule has 1 aliphatic rings. The average molecular weight is 210 g/mol. The Bertz CT molecular complexity index is 254. The van der Waals surface area contributed by atoms with E-state index in [-0.39, 0.29) is 5.91 Å². The number of rotatable bonds is 6. The predicted molar refractivity (Wildman–Crippen MR) is 56.0 cm³/mol. The van der Waals surface area contributed by atoms with Gasteiger partial charge in [-0.3, -0.25) is 4.79 Å². The van der Waals surface area contributed by atoms with Crippen LogP contribution in [0.5, 0.6) is 0 Å². The van der Waals surface area contributed by atoms with E-state index in [9.17, 15) is 4.79 Å². The molecule has 0 saturated heterocycles. The van der Waals surface area contributed by atoms with Crippen LogP contribution < -0.4 is 5.32 Å². The zero-order valence-corrected chi connectivity index (χ0v) is 9.21. The van der Waals surface area contributed by atoms with Crippen molar-refractivity contribution in [1.82, 2.24) is 5.32 Å². The third-order valence-electron chi connectivity index (χ3n) is 2.81. The van der Waals surface area contributed by atoms with E-state index < -0.39 is 5.41 Å². The van der Waals surface area contributed by atoms with Crippen LogP contribution >= 0.6 is 0 Å². The van der Waals surface area contributed by atoms with Crippen molar-refractivity contribution < 1.29 is 9.53 Å². The van der Waals surface area contributed by atoms with Gasteiger partial charge in [0.25, 0.3) is 0 Å². The first-order chi connectivity index (χ1) is 7.25. The van der Waals surface area contributed by atoms with Gasteiger partial charge in [-0.25, -0.2) is 0 Å². The molecule has 0 radical (unpaired) electrons. The molecule has 4 nitrogen and oxygen atoms in total. The Morgan fingerprint density at radius 2 is 2.33 bits per heavy atom. The van der Waals surface area contributed by atoms with Gasteiger partial charge < -0.3 is 10.1 Å². The van der Waals surface area contributed by atoms with Crippen LogP contribution in [0.2, 0.25) is 0 Å². The number of ether oxygens (including phenoxy) is 1. The monoisotopic (exact) mass is 210 g/mol. The van der Waals surface area contributed by atoms with Gasteiger partial charge in [0.15, 0.2) is 0 Å². The third-order valence-corrected chi connectivity index (χ3v) is 2.81. The van der Waals surface area contributed by atoms with Crippen LogP contribution in [0.4, 0.5) is 0 Å². The molecule has 1 amide bonds. The van der Waals surface area contributed by atoms with Gasteiger partial charge in [-0.05, 0) is 32.6 Å². The highest BCUT2D eigenvalue weighted by atomic mass is 16.5. The molecule has 0 aromatic rings.